The van der Waals surface area contributed by atoms with Gasteiger partial charge in [-0.1, -0.05) is 194 Å². The Bertz CT molecular complexity index is 3230. The summed E-state index contributed by atoms with van der Waals surface area (Å²) >= 11 is 1.83. The molecule has 0 saturated carbocycles. The Morgan fingerprint density at radius 3 is 1.34 bits per heavy atom. The summed E-state index contributed by atoms with van der Waals surface area (Å²) in [5, 5.41) is 0. The molecule has 5 nitrogen and oxygen atoms in total. The molecular formula is C56H35N5S. The molecule has 0 amide bonds. The molecule has 2 aromatic heterocycles. The lowest BCUT2D eigenvalue weighted by atomic mass is 9.67. The zero-order chi connectivity index (χ0) is 41.0. The van der Waals surface area contributed by atoms with E-state index in [1.54, 1.807) is 0 Å². The van der Waals surface area contributed by atoms with Gasteiger partial charge in [0.1, 0.15) is 0 Å². The molecule has 0 radical (unpaired) electrons. The van der Waals surface area contributed by atoms with Crippen molar-refractivity contribution in [1.82, 2.24) is 24.9 Å². The largest absolute Gasteiger partial charge is 0.228 e. The van der Waals surface area contributed by atoms with Crippen molar-refractivity contribution in [2.45, 2.75) is 15.2 Å². The van der Waals surface area contributed by atoms with Crippen molar-refractivity contribution in [2.24, 2.45) is 0 Å². The van der Waals surface area contributed by atoms with E-state index < -0.39 is 5.41 Å². The molecule has 1 aliphatic carbocycles. The average Bonchev–Trinajstić information content (AvgIpc) is 3.65. The second-order valence-corrected chi connectivity index (χ2v) is 16.7. The highest BCUT2D eigenvalue weighted by Crippen LogP contribution is 2.62. The number of fused-ring (bicyclic) bond motifs is 9. The van der Waals surface area contributed by atoms with Crippen LogP contribution >= 0.6 is 11.8 Å². The van der Waals surface area contributed by atoms with E-state index in [0.29, 0.717) is 23.3 Å². The van der Waals surface area contributed by atoms with E-state index in [0.717, 1.165) is 44.8 Å². The van der Waals surface area contributed by atoms with E-state index in [-0.39, 0.29) is 0 Å². The van der Waals surface area contributed by atoms with E-state index >= 15 is 0 Å². The van der Waals surface area contributed by atoms with Crippen LogP contribution in [-0.2, 0) is 5.41 Å². The Hall–Kier alpha value is -7.80. The second-order valence-electron chi connectivity index (χ2n) is 15.6. The number of rotatable bonds is 6. The molecule has 3 heterocycles. The normalized spacial score (nSPS) is 12.9. The van der Waals surface area contributed by atoms with Gasteiger partial charge >= 0.3 is 0 Å². The molecule has 290 valence electrons. The molecule has 0 unspecified atom stereocenters. The van der Waals surface area contributed by atoms with Crippen LogP contribution in [0.25, 0.3) is 79.2 Å². The van der Waals surface area contributed by atoms with Crippen molar-refractivity contribution in [3.05, 3.63) is 235 Å². The molecule has 0 saturated heterocycles. The second kappa shape index (κ2) is 14.7. The van der Waals surface area contributed by atoms with Gasteiger partial charge in [-0.2, -0.15) is 0 Å². The molecule has 0 atom stereocenters. The van der Waals surface area contributed by atoms with Crippen LogP contribution in [0.5, 0.6) is 0 Å². The van der Waals surface area contributed by atoms with Crippen LogP contribution in [0, 0.1) is 0 Å². The summed E-state index contributed by atoms with van der Waals surface area (Å²) in [4.78, 5) is 28.3. The highest BCUT2D eigenvalue weighted by atomic mass is 32.2. The highest BCUT2D eigenvalue weighted by molar-refractivity contribution is 7.99. The van der Waals surface area contributed by atoms with Crippen molar-refractivity contribution in [1.29, 1.82) is 0 Å². The molecule has 1 aliphatic heterocycles. The maximum absolute atomic E-state index is 5.30. The molecule has 0 fully saturated rings. The van der Waals surface area contributed by atoms with Gasteiger partial charge in [-0.15, -0.1) is 0 Å². The van der Waals surface area contributed by atoms with E-state index in [4.69, 9.17) is 24.9 Å². The van der Waals surface area contributed by atoms with Gasteiger partial charge in [-0.05, 0) is 63.7 Å². The topological polar surface area (TPSA) is 64.5 Å². The minimum absolute atomic E-state index is 0.512. The van der Waals surface area contributed by atoms with Crippen molar-refractivity contribution in [3.8, 4) is 79.2 Å². The molecule has 0 N–H and O–H groups in total. The summed E-state index contributed by atoms with van der Waals surface area (Å²) in [6, 6.07) is 74.4. The monoisotopic (exact) mass is 809 g/mol. The third-order valence-corrected chi connectivity index (χ3v) is 13.2. The summed E-state index contributed by atoms with van der Waals surface area (Å²) in [7, 11) is 0. The first-order chi connectivity index (χ1) is 30.7. The predicted molar refractivity (Wildman–Crippen MR) is 249 cm³/mol. The first-order valence-electron chi connectivity index (χ1n) is 20.7. The van der Waals surface area contributed by atoms with Gasteiger partial charge in [0, 0.05) is 43.2 Å². The van der Waals surface area contributed by atoms with E-state index in [1.807, 2.05) is 78.5 Å². The highest BCUT2D eigenvalue weighted by Gasteiger charge is 2.50. The number of nitrogens with zero attached hydrogens (tertiary/aromatic N) is 5. The van der Waals surface area contributed by atoms with Crippen LogP contribution in [0.15, 0.2) is 222 Å². The van der Waals surface area contributed by atoms with Crippen LogP contribution in [0.3, 0.4) is 0 Å². The molecule has 62 heavy (non-hydrogen) atoms. The fourth-order valence-electron chi connectivity index (χ4n) is 9.23. The van der Waals surface area contributed by atoms with Crippen LogP contribution in [0.2, 0.25) is 0 Å². The van der Waals surface area contributed by atoms with Gasteiger partial charge in [0.05, 0.1) is 16.8 Å². The van der Waals surface area contributed by atoms with Gasteiger partial charge < -0.3 is 0 Å². The lowest BCUT2D eigenvalue weighted by Gasteiger charge is -2.39. The van der Waals surface area contributed by atoms with Gasteiger partial charge in [-0.3, -0.25) is 0 Å². The van der Waals surface area contributed by atoms with Crippen LogP contribution in [0.4, 0.5) is 0 Å². The van der Waals surface area contributed by atoms with E-state index in [9.17, 15) is 0 Å². The quantitative estimate of drug-likeness (QED) is 0.167. The maximum atomic E-state index is 5.30. The lowest BCUT2D eigenvalue weighted by molar-refractivity contribution is 0.722. The number of hydrogen-bond donors (Lipinski definition) is 0. The van der Waals surface area contributed by atoms with Crippen molar-refractivity contribution in [3.63, 3.8) is 0 Å². The fourth-order valence-corrected chi connectivity index (χ4v) is 10.4. The molecule has 6 heteroatoms. The lowest BCUT2D eigenvalue weighted by Crippen LogP contribution is -2.32. The average molecular weight is 810 g/mol. The SMILES string of the molecule is c1ccc(-c2cc(-c3cccc(-c4nc(-c5ccccc5)nc(-c5ccc6c(c5)C5(c7ccccc7S6)c6ccccc6-c6ccccc65)n4)c3)nc(-c3ccccc3)n2)cc1. The molecule has 2 aliphatic rings. The smallest absolute Gasteiger partial charge is 0.164 e. The van der Waals surface area contributed by atoms with Gasteiger partial charge in [-0.25, -0.2) is 24.9 Å². The minimum Gasteiger partial charge on any atom is -0.228 e. The summed E-state index contributed by atoms with van der Waals surface area (Å²) in [6.45, 7) is 0. The molecule has 1 spiro atoms. The summed E-state index contributed by atoms with van der Waals surface area (Å²) in [5.74, 6) is 2.47. The molecule has 12 rings (SSSR count). The Labute approximate surface area is 364 Å². The van der Waals surface area contributed by atoms with Gasteiger partial charge in [0.2, 0.25) is 0 Å². The fraction of sp³-hybridized carbons (Fsp3) is 0.0179. The Balaban J connectivity index is 1.03. The first-order valence-corrected chi connectivity index (χ1v) is 21.6. The summed E-state index contributed by atoms with van der Waals surface area (Å²) < 4.78 is 0. The van der Waals surface area contributed by atoms with E-state index in [1.165, 1.54) is 43.2 Å². The Kier molecular flexibility index (Phi) is 8.57. The standard InChI is InChI=1S/C56H35N5S/c1-4-17-36(18-5-1)48-35-49(58-52(57-48)37-19-6-2-7-20-37)39-23-16-24-40(33-39)54-59-53(38-21-8-3-9-22-38)60-55(61-54)41-31-32-51-47(34-41)56(46-29-14-15-30-50(46)62-51)44-27-12-10-25-42(44)43-26-11-13-28-45(43)56/h1-35H. The molecule has 0 bridgehead atoms. The molecule has 10 aromatic rings. The summed E-state index contributed by atoms with van der Waals surface area (Å²) in [6.07, 6.45) is 0. The zero-order valence-electron chi connectivity index (χ0n) is 33.4. The van der Waals surface area contributed by atoms with Crippen LogP contribution in [0.1, 0.15) is 22.3 Å². The van der Waals surface area contributed by atoms with Crippen LogP contribution in [-0.4, -0.2) is 24.9 Å². The van der Waals surface area contributed by atoms with Gasteiger partial charge in [0.25, 0.3) is 0 Å². The Morgan fingerprint density at radius 1 is 0.274 bits per heavy atom. The summed E-state index contributed by atoms with van der Waals surface area (Å²) in [5.41, 5.74) is 14.4. The number of aromatic nitrogens is 5. The van der Waals surface area contributed by atoms with E-state index in [2.05, 4.69) is 146 Å². The minimum atomic E-state index is -0.512. The van der Waals surface area contributed by atoms with Crippen molar-refractivity contribution in [2.75, 3.05) is 0 Å². The van der Waals surface area contributed by atoms with Gasteiger partial charge in [0.15, 0.2) is 23.3 Å². The van der Waals surface area contributed by atoms with Crippen molar-refractivity contribution >= 4 is 11.8 Å². The molecular weight excluding hydrogens is 775 g/mol. The molecule has 8 aromatic carbocycles. The predicted octanol–water partition coefficient (Wildman–Crippen LogP) is 13.5. The van der Waals surface area contributed by atoms with Crippen molar-refractivity contribution < 1.29 is 0 Å². The number of hydrogen-bond acceptors (Lipinski definition) is 6. The first kappa shape index (κ1) is 36.1. The maximum Gasteiger partial charge on any atom is 0.164 e. The third kappa shape index (κ3) is 5.91. The van der Waals surface area contributed by atoms with Crippen LogP contribution < -0.4 is 0 Å². The Morgan fingerprint density at radius 2 is 0.710 bits per heavy atom. The number of benzene rings is 8. The third-order valence-electron chi connectivity index (χ3n) is 12.0. The zero-order valence-corrected chi connectivity index (χ0v) is 34.2.